The highest BCUT2D eigenvalue weighted by Crippen LogP contribution is 2.17. The van der Waals surface area contributed by atoms with E-state index in [0.29, 0.717) is 30.2 Å². The molecule has 0 aliphatic carbocycles. The first kappa shape index (κ1) is 19.7. The van der Waals surface area contributed by atoms with Crippen LogP contribution >= 0.6 is 11.6 Å². The summed E-state index contributed by atoms with van der Waals surface area (Å²) in [4.78, 5) is 16.8. The second kappa shape index (κ2) is 9.76. The molecule has 1 aromatic heterocycles. The first-order chi connectivity index (χ1) is 13.6. The van der Waals surface area contributed by atoms with Gasteiger partial charge >= 0.3 is 0 Å². The topological polar surface area (TPSA) is 63.2 Å². The number of ether oxygens (including phenoxy) is 1. The van der Waals surface area contributed by atoms with Gasteiger partial charge in [0.2, 0.25) is 0 Å². The Kier molecular flexibility index (Phi) is 6.87. The van der Waals surface area contributed by atoms with Crippen LogP contribution in [0, 0.1) is 0 Å². The highest BCUT2D eigenvalue weighted by Gasteiger charge is 2.08. The van der Waals surface area contributed by atoms with Crippen LogP contribution in [0.1, 0.15) is 22.8 Å². The number of pyridine rings is 1. The Hall–Kier alpha value is -3.05. The number of aromatic nitrogens is 1. The lowest BCUT2D eigenvalue weighted by Gasteiger charge is -2.09. The number of hydrogen-bond acceptors (Lipinski definition) is 4. The summed E-state index contributed by atoms with van der Waals surface area (Å²) in [6.07, 6.45) is 2.43. The van der Waals surface area contributed by atoms with Crippen LogP contribution in [0.5, 0.6) is 5.75 Å². The molecule has 0 aliphatic heterocycles. The molecule has 3 rings (SSSR count). The molecule has 0 aliphatic rings. The maximum Gasteiger partial charge on any atom is 0.255 e. The summed E-state index contributed by atoms with van der Waals surface area (Å²) in [6.45, 7) is 3.23. The molecular formula is C22H22ClN3O2. The largest absolute Gasteiger partial charge is 0.494 e. The Bertz CT molecular complexity index is 929. The number of amides is 1. The summed E-state index contributed by atoms with van der Waals surface area (Å²) in [5.74, 6) is 1.24. The van der Waals surface area contributed by atoms with E-state index < -0.39 is 0 Å². The van der Waals surface area contributed by atoms with Gasteiger partial charge in [-0.2, -0.15) is 0 Å². The Morgan fingerprint density at radius 1 is 1.11 bits per heavy atom. The third-order valence-electron chi connectivity index (χ3n) is 4.05. The number of hydrogen-bond donors (Lipinski definition) is 2. The zero-order valence-electron chi connectivity index (χ0n) is 15.6. The van der Waals surface area contributed by atoms with E-state index in [1.807, 2.05) is 55.5 Å². The van der Waals surface area contributed by atoms with E-state index in [9.17, 15) is 4.79 Å². The van der Waals surface area contributed by atoms with Gasteiger partial charge in [-0.25, -0.2) is 4.98 Å². The lowest BCUT2D eigenvalue weighted by atomic mass is 10.1. The summed E-state index contributed by atoms with van der Waals surface area (Å²) in [7, 11) is 0. The molecule has 0 unspecified atom stereocenters. The van der Waals surface area contributed by atoms with Crippen molar-refractivity contribution >= 4 is 29.0 Å². The Balaban J connectivity index is 1.56. The van der Waals surface area contributed by atoms with Crippen LogP contribution in [0.15, 0.2) is 66.9 Å². The molecule has 3 aromatic rings. The van der Waals surface area contributed by atoms with E-state index in [2.05, 4.69) is 15.6 Å². The maximum atomic E-state index is 12.5. The minimum Gasteiger partial charge on any atom is -0.494 e. The SMILES string of the molecule is CCOc1ccc(NC(=O)c2ccnc(NCCc3cccc(Cl)c3)c2)cc1. The standard InChI is InChI=1S/C22H22ClN3O2/c1-2-28-20-8-6-19(7-9-20)26-22(27)17-11-13-25-21(15-17)24-12-10-16-4-3-5-18(23)14-16/h3-9,11,13-15H,2,10,12H2,1H3,(H,24,25)(H,26,27). The smallest absolute Gasteiger partial charge is 0.255 e. The highest BCUT2D eigenvalue weighted by atomic mass is 35.5. The van der Waals surface area contributed by atoms with E-state index in [1.165, 1.54) is 0 Å². The Morgan fingerprint density at radius 3 is 2.68 bits per heavy atom. The van der Waals surface area contributed by atoms with Gasteiger partial charge in [0.05, 0.1) is 6.61 Å². The first-order valence-corrected chi connectivity index (χ1v) is 9.50. The first-order valence-electron chi connectivity index (χ1n) is 9.12. The van der Waals surface area contributed by atoms with Gasteiger partial charge in [-0.15, -0.1) is 0 Å². The predicted octanol–water partition coefficient (Wildman–Crippen LogP) is 5.04. The highest BCUT2D eigenvalue weighted by molar-refractivity contribution is 6.30. The lowest BCUT2D eigenvalue weighted by molar-refractivity contribution is 0.102. The van der Waals surface area contributed by atoms with Crippen molar-refractivity contribution in [2.75, 3.05) is 23.8 Å². The summed E-state index contributed by atoms with van der Waals surface area (Å²) in [5, 5.41) is 6.85. The van der Waals surface area contributed by atoms with Crippen molar-refractivity contribution < 1.29 is 9.53 Å². The fourth-order valence-electron chi connectivity index (χ4n) is 2.70. The molecule has 0 saturated carbocycles. The number of anilines is 2. The van der Waals surface area contributed by atoms with Gasteiger partial charge in [0.1, 0.15) is 11.6 Å². The van der Waals surface area contributed by atoms with Crippen LogP contribution in [0.4, 0.5) is 11.5 Å². The van der Waals surface area contributed by atoms with Crippen molar-refractivity contribution in [3.63, 3.8) is 0 Å². The number of benzene rings is 2. The number of carbonyl (C=O) groups is 1. The van der Waals surface area contributed by atoms with Crippen LogP contribution < -0.4 is 15.4 Å². The average molecular weight is 396 g/mol. The molecule has 0 bridgehead atoms. The molecule has 144 valence electrons. The molecule has 5 nitrogen and oxygen atoms in total. The third kappa shape index (κ3) is 5.72. The van der Waals surface area contributed by atoms with Gasteiger partial charge in [-0.1, -0.05) is 23.7 Å². The molecule has 6 heteroatoms. The minimum absolute atomic E-state index is 0.190. The molecule has 1 heterocycles. The summed E-state index contributed by atoms with van der Waals surface area (Å²) in [5.41, 5.74) is 2.39. The molecule has 0 fully saturated rings. The van der Waals surface area contributed by atoms with E-state index in [0.717, 1.165) is 22.8 Å². The van der Waals surface area contributed by atoms with Crippen molar-refractivity contribution in [2.45, 2.75) is 13.3 Å². The fraction of sp³-hybridized carbons (Fsp3) is 0.182. The molecule has 1 amide bonds. The monoisotopic (exact) mass is 395 g/mol. The van der Waals surface area contributed by atoms with Crippen molar-refractivity contribution in [3.05, 3.63) is 83.0 Å². The van der Waals surface area contributed by atoms with Crippen molar-refractivity contribution in [3.8, 4) is 5.75 Å². The maximum absolute atomic E-state index is 12.5. The van der Waals surface area contributed by atoms with Gasteiger partial charge in [-0.05, 0) is 67.4 Å². The number of halogens is 1. The summed E-state index contributed by atoms with van der Waals surface area (Å²) in [6, 6.07) is 18.5. The second-order valence-corrected chi connectivity index (χ2v) is 6.58. The minimum atomic E-state index is -0.190. The summed E-state index contributed by atoms with van der Waals surface area (Å²) < 4.78 is 5.41. The van der Waals surface area contributed by atoms with Crippen molar-refractivity contribution in [1.82, 2.24) is 4.98 Å². The van der Waals surface area contributed by atoms with Gasteiger partial charge in [0.25, 0.3) is 5.91 Å². The Labute approximate surface area is 169 Å². The lowest BCUT2D eigenvalue weighted by Crippen LogP contribution is -2.13. The zero-order valence-corrected chi connectivity index (χ0v) is 16.4. The van der Waals surface area contributed by atoms with Crippen LogP contribution in [0.25, 0.3) is 0 Å². The fourth-order valence-corrected chi connectivity index (χ4v) is 2.91. The van der Waals surface area contributed by atoms with E-state index >= 15 is 0 Å². The van der Waals surface area contributed by atoms with Crippen molar-refractivity contribution in [2.24, 2.45) is 0 Å². The quantitative estimate of drug-likeness (QED) is 0.560. The molecule has 0 radical (unpaired) electrons. The van der Waals surface area contributed by atoms with Gasteiger partial charge < -0.3 is 15.4 Å². The number of nitrogens with zero attached hydrogens (tertiary/aromatic N) is 1. The molecule has 2 N–H and O–H groups in total. The normalized spacial score (nSPS) is 10.4. The number of nitrogens with one attached hydrogen (secondary N) is 2. The van der Waals surface area contributed by atoms with Crippen LogP contribution in [-0.2, 0) is 6.42 Å². The number of rotatable bonds is 8. The summed E-state index contributed by atoms with van der Waals surface area (Å²) >= 11 is 6.00. The van der Waals surface area contributed by atoms with Crippen molar-refractivity contribution in [1.29, 1.82) is 0 Å². The van der Waals surface area contributed by atoms with Gasteiger partial charge in [0.15, 0.2) is 0 Å². The van der Waals surface area contributed by atoms with Crippen LogP contribution in [-0.4, -0.2) is 24.0 Å². The van der Waals surface area contributed by atoms with Crippen LogP contribution in [0.3, 0.4) is 0 Å². The third-order valence-corrected chi connectivity index (χ3v) is 4.29. The molecule has 0 spiro atoms. The van der Waals surface area contributed by atoms with E-state index in [1.54, 1.807) is 18.3 Å². The van der Waals surface area contributed by atoms with Gasteiger partial charge in [0, 0.05) is 29.0 Å². The molecular weight excluding hydrogens is 374 g/mol. The number of carbonyl (C=O) groups excluding carboxylic acids is 1. The van der Waals surface area contributed by atoms with Crippen LogP contribution in [0.2, 0.25) is 5.02 Å². The average Bonchev–Trinajstić information content (AvgIpc) is 2.70. The molecule has 2 aromatic carbocycles. The second-order valence-electron chi connectivity index (χ2n) is 6.15. The zero-order chi connectivity index (χ0) is 19.8. The Morgan fingerprint density at radius 2 is 1.93 bits per heavy atom. The van der Waals surface area contributed by atoms with E-state index in [4.69, 9.17) is 16.3 Å². The molecule has 0 atom stereocenters. The molecule has 0 saturated heterocycles. The predicted molar refractivity (Wildman–Crippen MR) is 113 cm³/mol. The molecule has 28 heavy (non-hydrogen) atoms. The van der Waals surface area contributed by atoms with E-state index in [-0.39, 0.29) is 5.91 Å². The van der Waals surface area contributed by atoms with Gasteiger partial charge in [-0.3, -0.25) is 4.79 Å².